The van der Waals surface area contributed by atoms with Gasteiger partial charge >= 0.3 is 0 Å². The highest BCUT2D eigenvalue weighted by Gasteiger charge is 2.27. The average Bonchev–Trinajstić information content (AvgIpc) is 2.61. The number of hydrogen-bond donors (Lipinski definition) is 4. The molecule has 0 saturated heterocycles. The second-order valence-corrected chi connectivity index (χ2v) is 7.26. The summed E-state index contributed by atoms with van der Waals surface area (Å²) in [6, 6.07) is 3.74. The second-order valence-electron chi connectivity index (χ2n) is 6.42. The molecule has 1 aliphatic carbocycles. The van der Waals surface area contributed by atoms with E-state index in [1.54, 1.807) is 6.07 Å². The van der Waals surface area contributed by atoms with Crippen molar-refractivity contribution in [2.24, 2.45) is 11.7 Å². The fraction of sp³-hybridized carbons (Fsp3) is 0.529. The van der Waals surface area contributed by atoms with Crippen molar-refractivity contribution >= 4 is 35.0 Å². The van der Waals surface area contributed by atoms with Gasteiger partial charge in [-0.15, -0.1) is 0 Å². The zero-order valence-corrected chi connectivity index (χ0v) is 15.3. The van der Waals surface area contributed by atoms with Gasteiger partial charge in [0.15, 0.2) is 0 Å². The highest BCUT2D eigenvalue weighted by molar-refractivity contribution is 6.35. The predicted molar refractivity (Wildman–Crippen MR) is 97.2 cm³/mol. The van der Waals surface area contributed by atoms with Crippen LogP contribution in [0.25, 0.3) is 0 Å². The Morgan fingerprint density at radius 2 is 1.88 bits per heavy atom. The molecule has 1 aromatic carbocycles. The molecule has 0 aliphatic heterocycles. The number of benzene rings is 1. The van der Waals surface area contributed by atoms with E-state index in [4.69, 9.17) is 28.9 Å². The van der Waals surface area contributed by atoms with Gasteiger partial charge in [-0.25, -0.2) is 0 Å². The van der Waals surface area contributed by atoms with Crippen LogP contribution in [0.4, 0.5) is 0 Å². The Morgan fingerprint density at radius 1 is 1.20 bits per heavy atom. The van der Waals surface area contributed by atoms with E-state index < -0.39 is 24.0 Å². The Morgan fingerprint density at radius 3 is 2.56 bits per heavy atom. The molecule has 0 spiro atoms. The number of nitrogens with one attached hydrogen (secondary N) is 2. The van der Waals surface area contributed by atoms with Gasteiger partial charge in [-0.2, -0.15) is 0 Å². The number of hydrogen-bond acceptors (Lipinski definition) is 4. The van der Waals surface area contributed by atoms with Crippen LogP contribution in [0.1, 0.15) is 48.9 Å². The summed E-state index contributed by atoms with van der Waals surface area (Å²) < 4.78 is 0. The molecule has 0 bridgehead atoms. The molecule has 0 unspecified atom stereocenters. The minimum atomic E-state index is -1.39. The maximum absolute atomic E-state index is 12.0. The summed E-state index contributed by atoms with van der Waals surface area (Å²) in [7, 11) is 0. The highest BCUT2D eigenvalue weighted by Crippen LogP contribution is 2.27. The lowest BCUT2D eigenvalue weighted by Gasteiger charge is -2.26. The van der Waals surface area contributed by atoms with Crippen molar-refractivity contribution in [3.05, 3.63) is 33.8 Å². The molecule has 0 aromatic heterocycles. The first-order valence-corrected chi connectivity index (χ1v) is 9.13. The predicted octanol–water partition coefficient (Wildman–Crippen LogP) is 2.41. The van der Waals surface area contributed by atoms with E-state index in [1.165, 1.54) is 18.6 Å². The lowest BCUT2D eigenvalue weighted by Crippen LogP contribution is -2.52. The molecule has 6 nitrogen and oxygen atoms in total. The first-order valence-electron chi connectivity index (χ1n) is 8.37. The molecule has 138 valence electrons. The second kappa shape index (κ2) is 9.38. The summed E-state index contributed by atoms with van der Waals surface area (Å²) in [6.45, 7) is 0. The Bertz CT molecular complexity index is 621. The van der Waals surface area contributed by atoms with Crippen molar-refractivity contribution in [3.8, 4) is 0 Å². The number of hydrazine groups is 1. The Balaban J connectivity index is 1.83. The molecule has 8 heteroatoms. The van der Waals surface area contributed by atoms with Crippen LogP contribution in [0.15, 0.2) is 18.2 Å². The van der Waals surface area contributed by atoms with E-state index in [2.05, 4.69) is 10.9 Å². The summed E-state index contributed by atoms with van der Waals surface area (Å²) in [4.78, 5) is 24.0. The summed E-state index contributed by atoms with van der Waals surface area (Å²) in [5.41, 5.74) is 10.5. The van der Waals surface area contributed by atoms with Crippen LogP contribution < -0.4 is 16.6 Å². The molecule has 1 aromatic rings. The van der Waals surface area contributed by atoms with Crippen molar-refractivity contribution in [3.63, 3.8) is 0 Å². The van der Waals surface area contributed by atoms with Gasteiger partial charge in [-0.3, -0.25) is 20.4 Å². The molecule has 1 fully saturated rings. The Kier molecular flexibility index (Phi) is 7.50. The van der Waals surface area contributed by atoms with Crippen molar-refractivity contribution < 1.29 is 14.7 Å². The summed E-state index contributed by atoms with van der Waals surface area (Å²) in [5.74, 6) is -0.949. The monoisotopic (exact) mass is 387 g/mol. The smallest absolute Gasteiger partial charge is 0.271 e. The van der Waals surface area contributed by atoms with Crippen LogP contribution >= 0.6 is 23.2 Å². The number of carbonyl (C=O) groups is 2. The zero-order valence-electron chi connectivity index (χ0n) is 13.8. The molecule has 1 aliphatic rings. The molecule has 2 atom stereocenters. The third-order valence-corrected chi connectivity index (χ3v) is 5.04. The van der Waals surface area contributed by atoms with Gasteiger partial charge in [-0.05, 0) is 30.5 Å². The number of carbonyl (C=O) groups excluding carboxylic acids is 2. The van der Waals surface area contributed by atoms with Gasteiger partial charge in [0.2, 0.25) is 0 Å². The molecule has 25 heavy (non-hydrogen) atoms. The summed E-state index contributed by atoms with van der Waals surface area (Å²) >= 11 is 11.8. The van der Waals surface area contributed by atoms with Crippen LogP contribution in [0.2, 0.25) is 10.0 Å². The molecule has 0 heterocycles. The van der Waals surface area contributed by atoms with Gasteiger partial charge in [-0.1, -0.05) is 55.3 Å². The molecule has 5 N–H and O–H groups in total. The van der Waals surface area contributed by atoms with Crippen LogP contribution in [0.5, 0.6) is 0 Å². The largest absolute Gasteiger partial charge is 0.382 e. The minimum Gasteiger partial charge on any atom is -0.382 e. The number of rotatable bonds is 5. The van der Waals surface area contributed by atoms with Crippen molar-refractivity contribution in [1.29, 1.82) is 0 Å². The number of halogens is 2. The fourth-order valence-electron chi connectivity index (χ4n) is 3.06. The molecular formula is C17H23Cl2N3O3. The van der Waals surface area contributed by atoms with E-state index in [0.717, 1.165) is 25.7 Å². The van der Waals surface area contributed by atoms with Crippen LogP contribution in [-0.2, 0) is 4.79 Å². The third-order valence-electron chi connectivity index (χ3n) is 4.48. The summed E-state index contributed by atoms with van der Waals surface area (Å²) in [5, 5.41) is 10.6. The molecule has 2 rings (SSSR count). The Hall–Kier alpha value is -1.34. The third kappa shape index (κ3) is 5.85. The van der Waals surface area contributed by atoms with Gasteiger partial charge in [0.1, 0.15) is 6.10 Å². The number of amides is 2. The van der Waals surface area contributed by atoms with Crippen molar-refractivity contribution in [2.45, 2.75) is 50.7 Å². The maximum atomic E-state index is 12.0. The van der Waals surface area contributed by atoms with Gasteiger partial charge in [0.25, 0.3) is 11.8 Å². The zero-order chi connectivity index (χ0) is 18.4. The van der Waals surface area contributed by atoms with E-state index in [0.29, 0.717) is 17.4 Å². The standard InChI is InChI=1S/C17H23Cl2N3O3/c18-11-6-7-13(19)12(9-11)16(24)21-22-17(25)15(23)14(20)8-10-4-2-1-3-5-10/h6-7,9-10,14-15,23H,1-5,8,20H2,(H,21,24)(H,22,25)/t14-,15+/m1/s1. The lowest BCUT2D eigenvalue weighted by atomic mass is 9.84. The number of nitrogens with two attached hydrogens (primary N) is 1. The molecule has 2 amide bonds. The van der Waals surface area contributed by atoms with Gasteiger partial charge in [0, 0.05) is 11.1 Å². The van der Waals surface area contributed by atoms with E-state index in [9.17, 15) is 14.7 Å². The quantitative estimate of drug-likeness (QED) is 0.582. The summed E-state index contributed by atoms with van der Waals surface area (Å²) in [6.07, 6.45) is 4.90. The molecular weight excluding hydrogens is 365 g/mol. The maximum Gasteiger partial charge on any atom is 0.271 e. The van der Waals surface area contributed by atoms with Crippen LogP contribution in [0, 0.1) is 5.92 Å². The Labute approximate surface area is 157 Å². The highest BCUT2D eigenvalue weighted by atomic mass is 35.5. The van der Waals surface area contributed by atoms with Gasteiger partial charge in [0.05, 0.1) is 10.6 Å². The van der Waals surface area contributed by atoms with Crippen LogP contribution in [-0.4, -0.2) is 29.1 Å². The van der Waals surface area contributed by atoms with Crippen molar-refractivity contribution in [1.82, 2.24) is 10.9 Å². The minimum absolute atomic E-state index is 0.121. The molecule has 0 radical (unpaired) electrons. The fourth-order valence-corrected chi connectivity index (χ4v) is 3.44. The number of aliphatic hydroxyl groups excluding tert-OH is 1. The average molecular weight is 388 g/mol. The topological polar surface area (TPSA) is 104 Å². The van der Waals surface area contributed by atoms with E-state index in [1.807, 2.05) is 0 Å². The van der Waals surface area contributed by atoms with Crippen molar-refractivity contribution in [2.75, 3.05) is 0 Å². The van der Waals surface area contributed by atoms with Gasteiger partial charge < -0.3 is 10.8 Å². The number of aliphatic hydroxyl groups is 1. The first-order chi connectivity index (χ1) is 11.9. The SMILES string of the molecule is N[C@H](CC1CCCCC1)[C@H](O)C(=O)NNC(=O)c1cc(Cl)ccc1Cl. The first kappa shape index (κ1) is 20.0. The van der Waals surface area contributed by atoms with E-state index >= 15 is 0 Å². The molecule has 1 saturated carbocycles. The lowest BCUT2D eigenvalue weighted by molar-refractivity contribution is -0.131. The van der Waals surface area contributed by atoms with Crippen LogP contribution in [0.3, 0.4) is 0 Å². The van der Waals surface area contributed by atoms with E-state index in [-0.39, 0.29) is 10.6 Å². The normalized spacial score (nSPS) is 17.6.